The smallest absolute Gasteiger partial charge is 0.191 e. The van der Waals surface area contributed by atoms with Gasteiger partial charge in [-0.25, -0.2) is 9.98 Å². The third-order valence-corrected chi connectivity index (χ3v) is 6.32. The Kier molecular flexibility index (Phi) is 10.1. The molecule has 1 aliphatic heterocycles. The van der Waals surface area contributed by atoms with Gasteiger partial charge in [0.2, 0.25) is 0 Å². The first-order chi connectivity index (χ1) is 14.5. The summed E-state index contributed by atoms with van der Waals surface area (Å²) in [4.78, 5) is 12.9. The van der Waals surface area contributed by atoms with Crippen LogP contribution in [0.5, 0.6) is 11.5 Å². The van der Waals surface area contributed by atoms with E-state index in [1.54, 1.807) is 25.6 Å². The molecule has 0 atom stereocenters. The minimum Gasteiger partial charge on any atom is -0.497 e. The lowest BCUT2D eigenvalue weighted by atomic mass is 10.0. The number of methoxy groups -OCH3 is 2. The summed E-state index contributed by atoms with van der Waals surface area (Å²) < 4.78 is 10.8. The second kappa shape index (κ2) is 12.3. The Morgan fingerprint density at radius 1 is 1.16 bits per heavy atom. The summed E-state index contributed by atoms with van der Waals surface area (Å²) in [5, 5.41) is 8.09. The maximum atomic E-state index is 5.42. The third-order valence-electron chi connectivity index (χ3n) is 5.26. The van der Waals surface area contributed by atoms with Gasteiger partial charge in [0, 0.05) is 54.4 Å². The summed E-state index contributed by atoms with van der Waals surface area (Å²) in [6.45, 7) is 9.64. The van der Waals surface area contributed by atoms with E-state index in [4.69, 9.17) is 14.5 Å². The Balaban J connectivity index is 0.00000341. The van der Waals surface area contributed by atoms with Crippen molar-refractivity contribution in [2.24, 2.45) is 4.99 Å². The molecule has 1 fully saturated rings. The van der Waals surface area contributed by atoms with E-state index in [1.165, 1.54) is 4.88 Å². The number of rotatable bonds is 7. The van der Waals surface area contributed by atoms with Crippen LogP contribution in [0.15, 0.2) is 23.2 Å². The molecule has 1 aromatic carbocycles. The van der Waals surface area contributed by atoms with Gasteiger partial charge in [0.1, 0.15) is 11.5 Å². The molecule has 1 aromatic heterocycles. The largest absolute Gasteiger partial charge is 0.497 e. The number of ether oxygens (including phenoxy) is 2. The summed E-state index contributed by atoms with van der Waals surface area (Å²) >= 11 is 1.72. The first kappa shape index (κ1) is 25.5. The van der Waals surface area contributed by atoms with Crippen molar-refractivity contribution in [1.82, 2.24) is 15.6 Å². The average Bonchev–Trinajstić information content (AvgIpc) is 3.09. The topological polar surface area (TPSA) is 71.0 Å². The maximum absolute atomic E-state index is 5.42. The van der Waals surface area contributed by atoms with Crippen molar-refractivity contribution in [1.29, 1.82) is 0 Å². The highest BCUT2D eigenvalue weighted by Crippen LogP contribution is 2.30. The van der Waals surface area contributed by atoms with Crippen LogP contribution in [0, 0.1) is 13.8 Å². The zero-order valence-corrected chi connectivity index (χ0v) is 22.2. The zero-order valence-electron chi connectivity index (χ0n) is 19.0. The standard InChI is InChI=1S/C22H33N5O2S.HI/c1-6-23-22(24-14-21-15(2)25-16(3)30-21)26-17-7-9-27(10-8-17)18-11-19(28-4)13-20(12-18)29-5;/h11-13,17H,6-10,14H2,1-5H3,(H2,23,24,26);1H. The molecule has 0 amide bonds. The van der Waals surface area contributed by atoms with Gasteiger partial charge >= 0.3 is 0 Å². The summed E-state index contributed by atoms with van der Waals surface area (Å²) in [6, 6.07) is 6.45. The van der Waals surface area contributed by atoms with E-state index in [-0.39, 0.29) is 24.0 Å². The first-order valence-electron chi connectivity index (χ1n) is 10.5. The molecular formula is C22H34IN5O2S. The fourth-order valence-corrected chi connectivity index (χ4v) is 4.50. The predicted octanol–water partition coefficient (Wildman–Crippen LogP) is 4.12. The van der Waals surface area contributed by atoms with Gasteiger partial charge in [-0.3, -0.25) is 0 Å². The third kappa shape index (κ3) is 7.13. The molecule has 9 heteroatoms. The zero-order chi connectivity index (χ0) is 21.5. The predicted molar refractivity (Wildman–Crippen MR) is 140 cm³/mol. The highest BCUT2D eigenvalue weighted by atomic mass is 127. The highest BCUT2D eigenvalue weighted by Gasteiger charge is 2.21. The van der Waals surface area contributed by atoms with Gasteiger partial charge < -0.3 is 25.0 Å². The Hall–Kier alpha value is -1.75. The fraction of sp³-hybridized carbons (Fsp3) is 0.545. The van der Waals surface area contributed by atoms with Gasteiger partial charge in [-0.05, 0) is 33.6 Å². The number of aromatic nitrogens is 1. The van der Waals surface area contributed by atoms with E-state index in [9.17, 15) is 0 Å². The van der Waals surface area contributed by atoms with E-state index in [1.807, 2.05) is 13.0 Å². The van der Waals surface area contributed by atoms with Crippen molar-refractivity contribution in [2.45, 2.75) is 46.2 Å². The lowest BCUT2D eigenvalue weighted by Gasteiger charge is -2.34. The molecule has 172 valence electrons. The molecule has 0 saturated carbocycles. The van der Waals surface area contributed by atoms with Crippen molar-refractivity contribution in [3.8, 4) is 11.5 Å². The van der Waals surface area contributed by atoms with Crippen LogP contribution in [0.2, 0.25) is 0 Å². The summed E-state index contributed by atoms with van der Waals surface area (Å²) in [6.07, 6.45) is 2.09. The van der Waals surface area contributed by atoms with Crippen LogP contribution in [0.3, 0.4) is 0 Å². The van der Waals surface area contributed by atoms with Gasteiger partial charge in [0.05, 0.1) is 31.5 Å². The molecule has 3 rings (SSSR count). The Morgan fingerprint density at radius 3 is 2.32 bits per heavy atom. The van der Waals surface area contributed by atoms with E-state index in [0.29, 0.717) is 12.6 Å². The van der Waals surface area contributed by atoms with Crippen LogP contribution in [0.1, 0.15) is 35.3 Å². The quantitative estimate of drug-likeness (QED) is 0.302. The number of guanidine groups is 1. The molecule has 0 aliphatic carbocycles. The molecular weight excluding hydrogens is 525 g/mol. The highest BCUT2D eigenvalue weighted by molar-refractivity contribution is 14.0. The SMILES string of the molecule is CCNC(=NCc1sc(C)nc1C)NC1CCN(c2cc(OC)cc(OC)c2)CC1.I. The maximum Gasteiger partial charge on any atom is 0.191 e. The number of anilines is 1. The molecule has 2 heterocycles. The number of thiazole rings is 1. The summed E-state index contributed by atoms with van der Waals surface area (Å²) in [7, 11) is 3.37. The number of nitrogens with zero attached hydrogens (tertiary/aromatic N) is 3. The molecule has 0 spiro atoms. The normalized spacial score (nSPS) is 14.7. The number of halogens is 1. The molecule has 7 nitrogen and oxygen atoms in total. The van der Waals surface area contributed by atoms with Crippen LogP contribution in [-0.4, -0.2) is 50.8 Å². The molecule has 2 N–H and O–H groups in total. The lowest BCUT2D eigenvalue weighted by molar-refractivity contribution is 0.393. The van der Waals surface area contributed by atoms with E-state index in [0.717, 1.165) is 66.3 Å². The summed E-state index contributed by atoms with van der Waals surface area (Å²) in [5.41, 5.74) is 2.22. The first-order valence-corrected chi connectivity index (χ1v) is 11.3. The minimum absolute atomic E-state index is 0. The van der Waals surface area contributed by atoms with E-state index in [2.05, 4.69) is 46.5 Å². The van der Waals surface area contributed by atoms with Crippen LogP contribution in [0.25, 0.3) is 0 Å². The Morgan fingerprint density at radius 2 is 1.81 bits per heavy atom. The summed E-state index contributed by atoms with van der Waals surface area (Å²) in [5.74, 6) is 2.52. The number of benzene rings is 1. The molecule has 1 aliphatic rings. The molecule has 1 saturated heterocycles. The van der Waals surface area contributed by atoms with Crippen molar-refractivity contribution in [3.05, 3.63) is 33.8 Å². The van der Waals surface area contributed by atoms with Crippen molar-refractivity contribution < 1.29 is 9.47 Å². The average molecular weight is 560 g/mol. The van der Waals surface area contributed by atoms with Crippen LogP contribution >= 0.6 is 35.3 Å². The van der Waals surface area contributed by atoms with Gasteiger partial charge in [-0.15, -0.1) is 35.3 Å². The molecule has 0 unspecified atom stereocenters. The number of nitrogens with one attached hydrogen (secondary N) is 2. The lowest BCUT2D eigenvalue weighted by Crippen LogP contribution is -2.48. The molecule has 0 radical (unpaired) electrons. The van der Waals surface area contributed by atoms with E-state index < -0.39 is 0 Å². The van der Waals surface area contributed by atoms with Gasteiger partial charge in [-0.1, -0.05) is 0 Å². The van der Waals surface area contributed by atoms with Crippen molar-refractivity contribution >= 4 is 47.0 Å². The van der Waals surface area contributed by atoms with Crippen LogP contribution in [-0.2, 0) is 6.54 Å². The number of hydrogen-bond donors (Lipinski definition) is 2. The van der Waals surface area contributed by atoms with Gasteiger partial charge in [0.15, 0.2) is 5.96 Å². The van der Waals surface area contributed by atoms with E-state index >= 15 is 0 Å². The Labute approximate surface area is 206 Å². The van der Waals surface area contributed by atoms with Gasteiger partial charge in [-0.2, -0.15) is 0 Å². The fourth-order valence-electron chi connectivity index (χ4n) is 3.64. The minimum atomic E-state index is 0. The number of aryl methyl sites for hydroxylation is 2. The number of hydrogen-bond acceptors (Lipinski definition) is 6. The van der Waals surface area contributed by atoms with Crippen LogP contribution < -0.4 is 25.0 Å². The van der Waals surface area contributed by atoms with Crippen molar-refractivity contribution in [3.63, 3.8) is 0 Å². The van der Waals surface area contributed by atoms with Gasteiger partial charge in [0.25, 0.3) is 0 Å². The number of aliphatic imine (C=N–C) groups is 1. The molecule has 2 aromatic rings. The number of piperidine rings is 1. The molecule has 31 heavy (non-hydrogen) atoms. The molecule has 0 bridgehead atoms. The second-order valence-electron chi connectivity index (χ2n) is 7.41. The second-order valence-corrected chi connectivity index (χ2v) is 8.70. The monoisotopic (exact) mass is 559 g/mol. The van der Waals surface area contributed by atoms with Crippen molar-refractivity contribution in [2.75, 3.05) is 38.8 Å². The van der Waals surface area contributed by atoms with Crippen LogP contribution in [0.4, 0.5) is 5.69 Å². The Bertz CT molecular complexity index is 843.